The minimum atomic E-state index is -4.39. The number of hydrogen-bond donors (Lipinski definition) is 0. The Morgan fingerprint density at radius 1 is 0.935 bits per heavy atom. The van der Waals surface area contributed by atoms with Crippen LogP contribution in [0.15, 0.2) is 82.2 Å². The summed E-state index contributed by atoms with van der Waals surface area (Å²) in [5.74, 6) is -0.796. The molecule has 7 nitrogen and oxygen atoms in total. The first-order valence-electron chi connectivity index (χ1n) is 9.36. The van der Waals surface area contributed by atoms with E-state index in [1.54, 1.807) is 48.5 Å². The van der Waals surface area contributed by atoms with Gasteiger partial charge < -0.3 is 0 Å². The summed E-state index contributed by atoms with van der Waals surface area (Å²) in [7, 11) is -4.39. The fourth-order valence-electron chi connectivity index (χ4n) is 3.82. The van der Waals surface area contributed by atoms with Gasteiger partial charge >= 0.3 is 0 Å². The third kappa shape index (κ3) is 3.53. The molecule has 0 unspecified atom stereocenters. The first kappa shape index (κ1) is 21.2. The minimum Gasteiger partial charge on any atom is -0.268 e. The Labute approximate surface area is 187 Å². The highest BCUT2D eigenvalue weighted by Crippen LogP contribution is 2.47. The average Bonchev–Trinajstić information content (AvgIpc) is 2.74. The summed E-state index contributed by atoms with van der Waals surface area (Å²) in [6.45, 7) is 1.81. The second-order valence-electron chi connectivity index (χ2n) is 7.20. The molecule has 0 aromatic heterocycles. The van der Waals surface area contributed by atoms with Crippen LogP contribution < -0.4 is 0 Å². The molecule has 158 valence electrons. The Morgan fingerprint density at radius 3 is 2.13 bits per heavy atom. The first-order chi connectivity index (χ1) is 14.7. The van der Waals surface area contributed by atoms with E-state index in [0.717, 1.165) is 5.56 Å². The molecule has 3 aromatic rings. The number of aryl methyl sites for hydroxylation is 1. The van der Waals surface area contributed by atoms with E-state index in [1.807, 2.05) is 6.92 Å². The van der Waals surface area contributed by atoms with E-state index in [4.69, 9.17) is 0 Å². The zero-order valence-corrected chi connectivity index (χ0v) is 18.7. The number of nitro groups is 1. The van der Waals surface area contributed by atoms with E-state index in [2.05, 4.69) is 15.9 Å². The van der Waals surface area contributed by atoms with E-state index in [-0.39, 0.29) is 16.0 Å². The molecule has 0 N–H and O–H groups in total. The molecule has 0 spiro atoms. The van der Waals surface area contributed by atoms with Crippen molar-refractivity contribution in [1.82, 2.24) is 4.31 Å². The molecule has 1 amide bonds. The van der Waals surface area contributed by atoms with Gasteiger partial charge in [0.2, 0.25) is 0 Å². The van der Waals surface area contributed by atoms with Crippen LogP contribution in [0.5, 0.6) is 0 Å². The Bertz CT molecular complexity index is 1290. The number of fused-ring (bicyclic) bond motifs is 1. The van der Waals surface area contributed by atoms with Gasteiger partial charge in [-0.3, -0.25) is 14.9 Å². The molecule has 0 fully saturated rings. The molecule has 3 aromatic carbocycles. The lowest BCUT2D eigenvalue weighted by Crippen LogP contribution is -2.48. The zero-order chi connectivity index (χ0) is 22.3. The van der Waals surface area contributed by atoms with Crippen molar-refractivity contribution in [3.63, 3.8) is 0 Å². The van der Waals surface area contributed by atoms with Gasteiger partial charge in [-0.25, -0.2) is 12.7 Å². The second kappa shape index (κ2) is 7.90. The molecule has 1 aliphatic rings. The van der Waals surface area contributed by atoms with Crippen LogP contribution in [0.4, 0.5) is 0 Å². The molecule has 2 atom stereocenters. The van der Waals surface area contributed by atoms with Gasteiger partial charge in [0, 0.05) is 15.0 Å². The molecule has 0 saturated heterocycles. The number of benzene rings is 3. The Balaban J connectivity index is 2.03. The van der Waals surface area contributed by atoms with Gasteiger partial charge in [0.05, 0.1) is 10.5 Å². The lowest BCUT2D eigenvalue weighted by molar-refractivity contribution is -0.537. The van der Waals surface area contributed by atoms with Crippen molar-refractivity contribution in [2.24, 2.45) is 0 Å². The highest BCUT2D eigenvalue weighted by Gasteiger charge is 2.52. The van der Waals surface area contributed by atoms with Crippen molar-refractivity contribution in [2.45, 2.75) is 23.9 Å². The largest absolute Gasteiger partial charge is 0.269 e. The van der Waals surface area contributed by atoms with Gasteiger partial charge in [-0.15, -0.1) is 0 Å². The maximum Gasteiger partial charge on any atom is 0.269 e. The van der Waals surface area contributed by atoms with Gasteiger partial charge in [0.1, 0.15) is 6.04 Å². The molecule has 0 radical (unpaired) electrons. The third-order valence-electron chi connectivity index (χ3n) is 5.29. The number of rotatable bonds is 4. The number of sulfonamides is 1. The topological polar surface area (TPSA) is 97.6 Å². The lowest BCUT2D eigenvalue weighted by Gasteiger charge is -2.37. The van der Waals surface area contributed by atoms with Gasteiger partial charge in [-0.1, -0.05) is 70.0 Å². The summed E-state index contributed by atoms with van der Waals surface area (Å²) in [4.78, 5) is 25.1. The van der Waals surface area contributed by atoms with Crippen LogP contribution in [0, 0.1) is 17.0 Å². The van der Waals surface area contributed by atoms with Crippen LogP contribution in [0.3, 0.4) is 0 Å². The molecule has 9 heteroatoms. The number of carbonyl (C=O) groups is 1. The van der Waals surface area contributed by atoms with Crippen molar-refractivity contribution < 1.29 is 18.1 Å². The molecular formula is C22H17BrN2O5S. The number of nitrogens with zero attached hydrogens (tertiary/aromatic N) is 2. The number of hydrogen-bond acceptors (Lipinski definition) is 5. The SMILES string of the molecule is Cc1ccc(S(=O)(=O)N2C(=O)c3ccccc3[C@H]([N+](=O)[O-])[C@H]2c2ccccc2Br)cc1. The van der Waals surface area contributed by atoms with E-state index < -0.39 is 32.9 Å². The van der Waals surface area contributed by atoms with Gasteiger partial charge in [0.15, 0.2) is 0 Å². The van der Waals surface area contributed by atoms with Crippen LogP contribution in [-0.2, 0) is 10.0 Å². The number of amides is 1. The van der Waals surface area contributed by atoms with Crippen LogP contribution in [-0.4, -0.2) is 23.6 Å². The lowest BCUT2D eigenvalue weighted by atomic mass is 9.87. The van der Waals surface area contributed by atoms with Crippen LogP contribution >= 0.6 is 15.9 Å². The van der Waals surface area contributed by atoms with E-state index in [1.165, 1.54) is 24.3 Å². The maximum absolute atomic E-state index is 13.6. The van der Waals surface area contributed by atoms with Gasteiger partial charge in [-0.05, 0) is 36.8 Å². The van der Waals surface area contributed by atoms with Crippen LogP contribution in [0.25, 0.3) is 0 Å². The maximum atomic E-state index is 13.6. The summed E-state index contributed by atoms with van der Waals surface area (Å²) in [5.41, 5.74) is 1.37. The zero-order valence-electron chi connectivity index (χ0n) is 16.3. The predicted molar refractivity (Wildman–Crippen MR) is 118 cm³/mol. The van der Waals surface area contributed by atoms with Crippen molar-refractivity contribution >= 4 is 31.9 Å². The Morgan fingerprint density at radius 2 is 1.52 bits per heavy atom. The van der Waals surface area contributed by atoms with E-state index in [0.29, 0.717) is 14.3 Å². The quantitative estimate of drug-likeness (QED) is 0.383. The van der Waals surface area contributed by atoms with Crippen molar-refractivity contribution in [3.8, 4) is 0 Å². The van der Waals surface area contributed by atoms with E-state index in [9.17, 15) is 23.3 Å². The average molecular weight is 501 g/mol. The highest BCUT2D eigenvalue weighted by molar-refractivity contribution is 9.10. The third-order valence-corrected chi connectivity index (χ3v) is 7.79. The molecule has 0 saturated carbocycles. The fraction of sp³-hybridized carbons (Fsp3) is 0.136. The molecule has 1 aliphatic heterocycles. The summed E-state index contributed by atoms with van der Waals surface area (Å²) in [5, 5.41) is 12.2. The molecule has 1 heterocycles. The van der Waals surface area contributed by atoms with Gasteiger partial charge in [0.25, 0.3) is 22.0 Å². The van der Waals surface area contributed by atoms with Crippen molar-refractivity contribution in [2.75, 3.05) is 0 Å². The smallest absolute Gasteiger partial charge is 0.268 e. The number of halogens is 1. The summed E-state index contributed by atoms with van der Waals surface area (Å²) in [6, 6.07) is 15.9. The second-order valence-corrected chi connectivity index (χ2v) is 9.87. The number of carbonyl (C=O) groups excluding carboxylic acids is 1. The van der Waals surface area contributed by atoms with Crippen LogP contribution in [0.1, 0.15) is 39.1 Å². The molecule has 4 rings (SSSR count). The normalized spacial score (nSPS) is 18.5. The molecule has 0 bridgehead atoms. The summed E-state index contributed by atoms with van der Waals surface area (Å²) >= 11 is 3.37. The summed E-state index contributed by atoms with van der Waals surface area (Å²) in [6.07, 6.45) is 0. The fourth-order valence-corrected chi connectivity index (χ4v) is 5.89. The van der Waals surface area contributed by atoms with E-state index >= 15 is 0 Å². The standard InChI is InChI=1S/C22H17BrN2O5S/c1-14-10-12-15(13-11-14)31(29,30)24-20(18-8-4-5-9-19(18)23)21(25(27)28)16-6-2-3-7-17(16)22(24)26/h2-13,20-21H,1H3/t20-,21+/m1/s1. The van der Waals surface area contributed by atoms with Gasteiger partial charge in [-0.2, -0.15) is 0 Å². The molecule has 31 heavy (non-hydrogen) atoms. The minimum absolute atomic E-state index is 0.00295. The first-order valence-corrected chi connectivity index (χ1v) is 11.6. The monoisotopic (exact) mass is 500 g/mol. The highest BCUT2D eigenvalue weighted by atomic mass is 79.9. The summed E-state index contributed by atoms with van der Waals surface area (Å²) < 4.78 is 28.4. The predicted octanol–water partition coefficient (Wildman–Crippen LogP) is 4.66. The molecular weight excluding hydrogens is 484 g/mol. The van der Waals surface area contributed by atoms with Crippen LogP contribution in [0.2, 0.25) is 0 Å². The Hall–Kier alpha value is -3.04. The van der Waals surface area contributed by atoms with Crippen molar-refractivity contribution in [3.05, 3.63) is 110 Å². The molecule has 0 aliphatic carbocycles. The van der Waals surface area contributed by atoms with Crippen molar-refractivity contribution in [1.29, 1.82) is 0 Å². The Kier molecular flexibility index (Phi) is 5.40.